The van der Waals surface area contributed by atoms with Crippen molar-refractivity contribution in [2.45, 2.75) is 19.9 Å². The number of allylic oxidation sites excluding steroid dienone is 6. The Bertz CT molecular complexity index is 2230. The average Bonchev–Trinajstić information content (AvgIpc) is 3.52. The molecule has 4 heteroatoms. The molecule has 0 N–H and O–H groups in total. The first-order valence-electron chi connectivity index (χ1n) is 15.9. The van der Waals surface area contributed by atoms with Gasteiger partial charge in [0.25, 0.3) is 0 Å². The molecule has 0 aliphatic rings. The Morgan fingerprint density at radius 3 is 2.15 bits per heavy atom. The summed E-state index contributed by atoms with van der Waals surface area (Å²) in [7, 11) is 0. The van der Waals surface area contributed by atoms with E-state index in [0.717, 1.165) is 39.0 Å². The molecule has 0 unspecified atom stereocenters. The number of aliphatic imine (C=N–C) groups is 3. The standard InChI is InChI=1S/C44H37N3S/c1-5-7-19-37(36-20-12-11-16-31(36)3)34(6-2)29-32-25-27-33(28-26-32)30-46-43(35-17-9-8-10-18-35)47-44(45-4)40-23-15-22-39-38-21-13-14-24-41(38)48-42(39)40/h5-28H,1-2,4,29-30H2,3H3/b19-7-,37-34+,46-43?,47-44?. The van der Waals surface area contributed by atoms with Crippen LogP contribution < -0.4 is 0 Å². The molecule has 0 saturated heterocycles. The summed E-state index contributed by atoms with van der Waals surface area (Å²) in [5.41, 5.74) is 8.91. The van der Waals surface area contributed by atoms with Gasteiger partial charge in [-0.25, -0.2) is 9.98 Å². The molecule has 0 spiro atoms. The fraction of sp³-hybridized carbons (Fsp3) is 0.0682. The van der Waals surface area contributed by atoms with Gasteiger partial charge in [0.1, 0.15) is 0 Å². The highest BCUT2D eigenvalue weighted by Crippen LogP contribution is 2.36. The van der Waals surface area contributed by atoms with Gasteiger partial charge < -0.3 is 0 Å². The second-order valence-electron chi connectivity index (χ2n) is 11.4. The van der Waals surface area contributed by atoms with Gasteiger partial charge in [-0.15, -0.1) is 11.3 Å². The number of rotatable bonds is 10. The van der Waals surface area contributed by atoms with Crippen LogP contribution in [0.15, 0.2) is 179 Å². The predicted octanol–water partition coefficient (Wildman–Crippen LogP) is 11.4. The molecule has 234 valence electrons. The lowest BCUT2D eigenvalue weighted by Gasteiger charge is -2.13. The van der Waals surface area contributed by atoms with E-state index in [1.807, 2.05) is 42.5 Å². The van der Waals surface area contributed by atoms with Crippen LogP contribution in [-0.2, 0) is 13.0 Å². The second-order valence-corrected chi connectivity index (χ2v) is 12.5. The lowest BCUT2D eigenvalue weighted by Crippen LogP contribution is -2.05. The van der Waals surface area contributed by atoms with E-state index < -0.39 is 0 Å². The number of nitrogens with zero attached hydrogens (tertiary/aromatic N) is 3. The summed E-state index contributed by atoms with van der Waals surface area (Å²) in [6, 6.07) is 41.9. The maximum Gasteiger partial charge on any atom is 0.162 e. The Morgan fingerprint density at radius 2 is 1.40 bits per heavy atom. The van der Waals surface area contributed by atoms with Crippen molar-refractivity contribution in [1.82, 2.24) is 0 Å². The molecule has 0 aliphatic heterocycles. The van der Waals surface area contributed by atoms with Crippen molar-refractivity contribution < 1.29 is 0 Å². The van der Waals surface area contributed by atoms with Crippen LogP contribution in [0.25, 0.3) is 25.7 Å². The van der Waals surface area contributed by atoms with Gasteiger partial charge in [0, 0.05) is 31.3 Å². The lowest BCUT2D eigenvalue weighted by atomic mass is 9.92. The summed E-state index contributed by atoms with van der Waals surface area (Å²) < 4.78 is 2.38. The number of benzene rings is 5. The molecule has 0 aliphatic carbocycles. The minimum absolute atomic E-state index is 0.478. The molecule has 0 bridgehead atoms. The summed E-state index contributed by atoms with van der Waals surface area (Å²) >= 11 is 1.75. The summed E-state index contributed by atoms with van der Waals surface area (Å²) in [6.45, 7) is 14.6. The molecule has 6 aromatic rings. The monoisotopic (exact) mass is 639 g/mol. The number of aryl methyl sites for hydroxylation is 1. The van der Waals surface area contributed by atoms with Crippen LogP contribution in [0.3, 0.4) is 0 Å². The van der Waals surface area contributed by atoms with Crippen LogP contribution in [0.4, 0.5) is 0 Å². The summed E-state index contributed by atoms with van der Waals surface area (Å²) in [6.07, 6.45) is 8.63. The van der Waals surface area contributed by atoms with E-state index in [1.54, 1.807) is 17.4 Å². The van der Waals surface area contributed by atoms with Gasteiger partial charge in [-0.05, 0) is 65.6 Å². The molecular weight excluding hydrogens is 603 g/mol. The number of fused-ring (bicyclic) bond motifs is 3. The zero-order valence-electron chi connectivity index (χ0n) is 27.1. The number of thiophene rings is 1. The van der Waals surface area contributed by atoms with Crippen molar-refractivity contribution in [3.63, 3.8) is 0 Å². The van der Waals surface area contributed by atoms with Crippen LogP contribution >= 0.6 is 11.3 Å². The minimum atomic E-state index is 0.478. The van der Waals surface area contributed by atoms with Gasteiger partial charge in [0.05, 0.1) is 6.54 Å². The highest BCUT2D eigenvalue weighted by Gasteiger charge is 2.14. The largest absolute Gasteiger partial charge is 0.261 e. The smallest absolute Gasteiger partial charge is 0.162 e. The van der Waals surface area contributed by atoms with Crippen molar-refractivity contribution in [2.24, 2.45) is 15.0 Å². The Hall–Kier alpha value is -5.71. The van der Waals surface area contributed by atoms with Crippen molar-refractivity contribution in [3.05, 3.63) is 198 Å². The molecule has 0 atom stereocenters. The van der Waals surface area contributed by atoms with Crippen molar-refractivity contribution >= 4 is 55.5 Å². The first-order valence-corrected chi connectivity index (χ1v) is 16.8. The average molecular weight is 640 g/mol. The molecular formula is C44H37N3S. The van der Waals surface area contributed by atoms with Gasteiger partial charge in [-0.3, -0.25) is 4.99 Å². The van der Waals surface area contributed by atoms with E-state index in [4.69, 9.17) is 9.98 Å². The van der Waals surface area contributed by atoms with Gasteiger partial charge in [-0.1, -0.05) is 147 Å². The van der Waals surface area contributed by atoms with Gasteiger partial charge in [0.2, 0.25) is 0 Å². The summed E-state index contributed by atoms with van der Waals surface area (Å²) in [5.74, 6) is 1.18. The third-order valence-electron chi connectivity index (χ3n) is 8.29. The van der Waals surface area contributed by atoms with Crippen molar-refractivity contribution in [3.8, 4) is 0 Å². The number of hydrogen-bond donors (Lipinski definition) is 0. The molecule has 1 heterocycles. The topological polar surface area (TPSA) is 37.1 Å². The van der Waals surface area contributed by atoms with Crippen LogP contribution in [0.1, 0.15) is 33.4 Å². The first-order chi connectivity index (χ1) is 23.6. The molecule has 3 nitrogen and oxygen atoms in total. The highest BCUT2D eigenvalue weighted by molar-refractivity contribution is 7.26. The fourth-order valence-electron chi connectivity index (χ4n) is 5.82. The Morgan fingerprint density at radius 1 is 0.708 bits per heavy atom. The van der Waals surface area contributed by atoms with E-state index in [2.05, 4.69) is 129 Å². The molecule has 48 heavy (non-hydrogen) atoms. The van der Waals surface area contributed by atoms with Gasteiger partial charge in [-0.2, -0.15) is 0 Å². The number of hydrogen-bond acceptors (Lipinski definition) is 2. The summed E-state index contributed by atoms with van der Waals surface area (Å²) in [5, 5.41) is 2.43. The SMILES string of the molecule is C=C/C=C\C(=C(\C=C)Cc1ccc(CN=C(N=C(N=C)c2cccc3c2sc2ccccc23)c2ccccc2)cc1)c1ccccc1C. The molecule has 6 rings (SSSR count). The van der Waals surface area contributed by atoms with Crippen molar-refractivity contribution in [1.29, 1.82) is 0 Å². The minimum Gasteiger partial charge on any atom is -0.261 e. The quantitative estimate of drug-likeness (QED) is 0.0812. The zero-order valence-corrected chi connectivity index (χ0v) is 28.0. The Labute approximate surface area is 287 Å². The second kappa shape index (κ2) is 15.3. The van der Waals surface area contributed by atoms with Crippen LogP contribution in [0, 0.1) is 6.92 Å². The first kappa shape index (κ1) is 32.2. The maximum atomic E-state index is 5.03. The zero-order chi connectivity index (χ0) is 33.3. The van der Waals surface area contributed by atoms with E-state index in [1.165, 1.54) is 32.2 Å². The Balaban J connectivity index is 1.31. The Kier molecular flexibility index (Phi) is 10.2. The fourth-order valence-corrected chi connectivity index (χ4v) is 7.03. The molecule has 5 aromatic carbocycles. The highest BCUT2D eigenvalue weighted by atomic mass is 32.1. The van der Waals surface area contributed by atoms with Gasteiger partial charge in [0.15, 0.2) is 11.7 Å². The maximum absolute atomic E-state index is 5.03. The molecule has 0 radical (unpaired) electrons. The van der Waals surface area contributed by atoms with Crippen LogP contribution in [-0.4, -0.2) is 18.4 Å². The molecule has 0 saturated carbocycles. The van der Waals surface area contributed by atoms with E-state index in [0.29, 0.717) is 18.2 Å². The van der Waals surface area contributed by atoms with E-state index >= 15 is 0 Å². The molecule has 1 aromatic heterocycles. The third-order valence-corrected chi connectivity index (χ3v) is 9.51. The van der Waals surface area contributed by atoms with E-state index in [-0.39, 0.29) is 0 Å². The number of amidine groups is 2. The lowest BCUT2D eigenvalue weighted by molar-refractivity contribution is 1.05. The normalized spacial score (nSPS) is 12.8. The van der Waals surface area contributed by atoms with Gasteiger partial charge >= 0.3 is 0 Å². The molecule has 0 amide bonds. The van der Waals surface area contributed by atoms with Crippen LogP contribution in [0.5, 0.6) is 0 Å². The van der Waals surface area contributed by atoms with Crippen LogP contribution in [0.2, 0.25) is 0 Å². The third kappa shape index (κ3) is 7.15. The molecule has 0 fully saturated rings. The summed E-state index contributed by atoms with van der Waals surface area (Å²) in [4.78, 5) is 14.5. The van der Waals surface area contributed by atoms with Crippen molar-refractivity contribution in [2.75, 3.05) is 0 Å². The predicted molar refractivity (Wildman–Crippen MR) is 210 cm³/mol. The van der Waals surface area contributed by atoms with E-state index in [9.17, 15) is 0 Å².